The van der Waals surface area contributed by atoms with Crippen molar-refractivity contribution in [1.29, 1.82) is 0 Å². The van der Waals surface area contributed by atoms with Crippen molar-refractivity contribution in [3.05, 3.63) is 27.4 Å². The van der Waals surface area contributed by atoms with Gasteiger partial charge in [-0.3, -0.25) is 9.59 Å². The Labute approximate surface area is 138 Å². The summed E-state index contributed by atoms with van der Waals surface area (Å²) in [5.74, 6) is 0.630. The van der Waals surface area contributed by atoms with Crippen LogP contribution in [0.5, 0.6) is 0 Å². The van der Waals surface area contributed by atoms with E-state index in [0.717, 1.165) is 0 Å². The molecule has 0 radical (unpaired) electrons. The first-order valence-electron chi connectivity index (χ1n) is 8.07. The van der Waals surface area contributed by atoms with Gasteiger partial charge in [-0.25, -0.2) is 4.98 Å². The summed E-state index contributed by atoms with van der Waals surface area (Å²) >= 11 is 0. The minimum Gasteiger partial charge on any atom is -0.341 e. The number of amides is 1. The van der Waals surface area contributed by atoms with Crippen molar-refractivity contribution >= 4 is 5.91 Å². The number of rotatable bonds is 5. The Hall–Kier alpha value is -1.69. The second-order valence-corrected chi connectivity index (χ2v) is 7.55. The average molecular weight is 322 g/mol. The lowest BCUT2D eigenvalue weighted by Crippen LogP contribution is -2.38. The molecule has 0 spiro atoms. The van der Waals surface area contributed by atoms with Crippen LogP contribution in [0.15, 0.2) is 4.79 Å². The third kappa shape index (κ3) is 4.89. The van der Waals surface area contributed by atoms with E-state index in [2.05, 4.69) is 23.8 Å². The van der Waals surface area contributed by atoms with Crippen LogP contribution in [0, 0.1) is 12.8 Å². The fraction of sp³-hybridized carbons (Fsp3) is 0.706. The zero-order valence-corrected chi connectivity index (χ0v) is 15.4. The fourth-order valence-electron chi connectivity index (χ4n) is 2.16. The van der Waals surface area contributed by atoms with Crippen LogP contribution in [0.3, 0.4) is 0 Å². The number of nitrogens with two attached hydrogens (primary N) is 1. The molecular weight excluding hydrogens is 292 g/mol. The Morgan fingerprint density at radius 3 is 2.35 bits per heavy atom. The van der Waals surface area contributed by atoms with Gasteiger partial charge in [-0.05, 0) is 19.3 Å². The van der Waals surface area contributed by atoms with Crippen molar-refractivity contribution in [3.8, 4) is 0 Å². The molecule has 3 N–H and O–H groups in total. The van der Waals surface area contributed by atoms with E-state index in [1.165, 1.54) is 4.90 Å². The number of carbonyl (C=O) groups is 1. The van der Waals surface area contributed by atoms with Crippen molar-refractivity contribution in [2.75, 3.05) is 13.6 Å². The molecule has 0 saturated carbocycles. The maximum Gasteiger partial charge on any atom is 0.264 e. The first-order valence-corrected chi connectivity index (χ1v) is 8.07. The highest BCUT2D eigenvalue weighted by Crippen LogP contribution is 2.17. The molecule has 130 valence electrons. The van der Waals surface area contributed by atoms with Crippen molar-refractivity contribution in [1.82, 2.24) is 14.9 Å². The number of aromatic amines is 1. The summed E-state index contributed by atoms with van der Waals surface area (Å²) in [6.07, 6.45) is 0.699. The van der Waals surface area contributed by atoms with Gasteiger partial charge in [0.15, 0.2) is 0 Å². The van der Waals surface area contributed by atoms with Crippen LogP contribution in [0.25, 0.3) is 0 Å². The van der Waals surface area contributed by atoms with Gasteiger partial charge in [-0.2, -0.15) is 0 Å². The number of aromatic nitrogens is 2. The van der Waals surface area contributed by atoms with E-state index in [4.69, 9.17) is 5.73 Å². The van der Waals surface area contributed by atoms with Crippen LogP contribution < -0.4 is 11.3 Å². The summed E-state index contributed by atoms with van der Waals surface area (Å²) < 4.78 is 0. The number of hydrogen-bond donors (Lipinski definition) is 2. The van der Waals surface area contributed by atoms with Gasteiger partial charge < -0.3 is 15.6 Å². The second-order valence-electron chi connectivity index (χ2n) is 7.55. The minimum atomic E-state index is -0.382. The summed E-state index contributed by atoms with van der Waals surface area (Å²) in [5, 5.41) is 0. The van der Waals surface area contributed by atoms with E-state index in [-0.39, 0.29) is 28.5 Å². The molecule has 1 aromatic heterocycles. The van der Waals surface area contributed by atoms with Crippen molar-refractivity contribution in [2.45, 2.75) is 59.4 Å². The summed E-state index contributed by atoms with van der Waals surface area (Å²) in [6, 6.07) is 0.0334. The molecule has 0 aliphatic carbocycles. The van der Waals surface area contributed by atoms with Crippen LogP contribution in [-0.2, 0) is 5.41 Å². The second kappa shape index (κ2) is 7.25. The molecule has 1 atom stereocenters. The molecule has 0 aromatic carbocycles. The maximum absolute atomic E-state index is 12.6. The number of carbonyl (C=O) groups excluding carboxylic acids is 1. The van der Waals surface area contributed by atoms with Crippen LogP contribution >= 0.6 is 0 Å². The van der Waals surface area contributed by atoms with E-state index in [1.807, 2.05) is 20.8 Å². The molecule has 6 heteroatoms. The predicted octanol–water partition coefficient (Wildman–Crippen LogP) is 1.82. The van der Waals surface area contributed by atoms with E-state index in [1.54, 1.807) is 14.0 Å². The molecule has 1 aromatic rings. The minimum absolute atomic E-state index is 0.0334. The number of hydrogen-bond acceptors (Lipinski definition) is 4. The Morgan fingerprint density at radius 2 is 1.91 bits per heavy atom. The summed E-state index contributed by atoms with van der Waals surface area (Å²) in [5.41, 5.74) is 5.93. The number of aryl methyl sites for hydroxylation is 1. The highest BCUT2D eigenvalue weighted by atomic mass is 16.2. The normalized spacial score (nSPS) is 13.3. The molecule has 23 heavy (non-hydrogen) atoms. The molecule has 1 amide bonds. The van der Waals surface area contributed by atoms with Gasteiger partial charge in [0, 0.05) is 25.0 Å². The summed E-state index contributed by atoms with van der Waals surface area (Å²) in [4.78, 5) is 33.6. The van der Waals surface area contributed by atoms with Crippen molar-refractivity contribution < 1.29 is 4.79 Å². The van der Waals surface area contributed by atoms with Gasteiger partial charge in [-0.15, -0.1) is 0 Å². The van der Waals surface area contributed by atoms with Crippen LogP contribution in [0.4, 0.5) is 0 Å². The first kappa shape index (κ1) is 19.4. The van der Waals surface area contributed by atoms with Gasteiger partial charge in [0.2, 0.25) is 0 Å². The Kier molecular flexibility index (Phi) is 6.11. The van der Waals surface area contributed by atoms with E-state index in [9.17, 15) is 9.59 Å². The smallest absolute Gasteiger partial charge is 0.264 e. The lowest BCUT2D eigenvalue weighted by molar-refractivity contribution is 0.0786. The molecule has 0 aliphatic heterocycles. The molecule has 0 aliphatic rings. The molecule has 6 nitrogen and oxygen atoms in total. The van der Waals surface area contributed by atoms with Crippen LogP contribution in [0.1, 0.15) is 62.9 Å². The largest absolute Gasteiger partial charge is 0.341 e. The van der Waals surface area contributed by atoms with Crippen LogP contribution in [-0.4, -0.2) is 40.4 Å². The molecule has 1 heterocycles. The quantitative estimate of drug-likeness (QED) is 0.865. The van der Waals surface area contributed by atoms with Gasteiger partial charge >= 0.3 is 0 Å². The Balaban J connectivity index is 2.98. The lowest BCUT2D eigenvalue weighted by atomic mass is 9.95. The average Bonchev–Trinajstić information content (AvgIpc) is 2.42. The zero-order valence-electron chi connectivity index (χ0n) is 15.4. The third-order valence-electron chi connectivity index (χ3n) is 4.03. The van der Waals surface area contributed by atoms with Gasteiger partial charge in [0.25, 0.3) is 11.5 Å². The predicted molar refractivity (Wildman–Crippen MR) is 92.7 cm³/mol. The SMILES string of the molecule is Cc1nc(C(C)(C)C)[nH]c(=O)c1C(=O)N(C)CCC(N)C(C)C. The molecule has 1 unspecified atom stereocenters. The Bertz CT molecular complexity index is 614. The number of H-pyrrole nitrogens is 1. The van der Waals surface area contributed by atoms with Gasteiger partial charge in [0.1, 0.15) is 11.4 Å². The summed E-state index contributed by atoms with van der Waals surface area (Å²) in [6.45, 7) is 12.2. The molecular formula is C17H30N4O2. The van der Waals surface area contributed by atoms with Gasteiger partial charge in [-0.1, -0.05) is 34.6 Å². The Morgan fingerprint density at radius 1 is 1.35 bits per heavy atom. The van der Waals surface area contributed by atoms with Crippen molar-refractivity contribution in [3.63, 3.8) is 0 Å². The highest BCUT2D eigenvalue weighted by Gasteiger charge is 2.24. The van der Waals surface area contributed by atoms with E-state index >= 15 is 0 Å². The highest BCUT2D eigenvalue weighted by molar-refractivity contribution is 5.94. The first-order chi connectivity index (χ1) is 10.4. The maximum atomic E-state index is 12.6. The molecule has 0 fully saturated rings. The van der Waals surface area contributed by atoms with Crippen LogP contribution in [0.2, 0.25) is 0 Å². The van der Waals surface area contributed by atoms with E-state index < -0.39 is 0 Å². The topological polar surface area (TPSA) is 92.1 Å². The number of nitrogens with zero attached hydrogens (tertiary/aromatic N) is 2. The third-order valence-corrected chi connectivity index (χ3v) is 4.03. The molecule has 1 rings (SSSR count). The summed E-state index contributed by atoms with van der Waals surface area (Å²) in [7, 11) is 1.69. The van der Waals surface area contributed by atoms with E-state index in [0.29, 0.717) is 30.4 Å². The molecule has 0 saturated heterocycles. The standard InChI is InChI=1S/C17H30N4O2/c1-10(2)12(18)8-9-21(7)15(23)13-11(3)19-16(17(4,5)6)20-14(13)22/h10,12H,8-9,18H2,1-7H3,(H,19,20,22). The van der Waals surface area contributed by atoms with Crippen molar-refractivity contribution in [2.24, 2.45) is 11.7 Å². The number of nitrogens with one attached hydrogen (secondary N) is 1. The zero-order chi connectivity index (χ0) is 17.9. The lowest BCUT2D eigenvalue weighted by Gasteiger charge is -2.23. The van der Waals surface area contributed by atoms with Gasteiger partial charge in [0.05, 0.1) is 5.69 Å². The fourth-order valence-corrected chi connectivity index (χ4v) is 2.16. The molecule has 0 bridgehead atoms. The monoisotopic (exact) mass is 322 g/mol.